The molecule has 0 aliphatic carbocycles. The molecule has 4 nitrogen and oxygen atoms in total. The van der Waals surface area contributed by atoms with Gasteiger partial charge in [0.05, 0.1) is 12.8 Å². The molecule has 4 aromatic rings. The standard InChI is InChI=1S/C26H26N2O2.C2H6/c1-4-21-16-22(23-13-8-14-26(27-23)28-15-9-10-19(28)2)25(29-3)17-24(21)30-18-20-11-6-5-7-12-20;1-2/h5-17H,4,18H2,1-3H3;1-2H3. The number of rotatable bonds is 7. The van der Waals surface area contributed by atoms with Crippen LogP contribution in [0.2, 0.25) is 0 Å². The van der Waals surface area contributed by atoms with Gasteiger partial charge in [-0.15, -0.1) is 0 Å². The van der Waals surface area contributed by atoms with E-state index >= 15 is 0 Å². The molecule has 0 atom stereocenters. The van der Waals surface area contributed by atoms with Crippen molar-refractivity contribution in [1.29, 1.82) is 0 Å². The summed E-state index contributed by atoms with van der Waals surface area (Å²) in [5, 5.41) is 0. The SMILES string of the molecule is CC.CCc1cc(-c2cccc(-n3cccc3C)n2)c(OC)cc1OCc1ccccc1. The summed E-state index contributed by atoms with van der Waals surface area (Å²) in [4.78, 5) is 4.90. The Kier molecular flexibility index (Phi) is 8.09. The zero-order valence-corrected chi connectivity index (χ0v) is 19.6. The minimum atomic E-state index is 0.525. The van der Waals surface area contributed by atoms with Gasteiger partial charge >= 0.3 is 0 Å². The van der Waals surface area contributed by atoms with Crippen LogP contribution in [0.1, 0.15) is 37.6 Å². The number of methoxy groups -OCH3 is 1. The Morgan fingerprint density at radius 3 is 2.31 bits per heavy atom. The molecule has 0 aliphatic heterocycles. The Morgan fingerprint density at radius 2 is 1.66 bits per heavy atom. The lowest BCUT2D eigenvalue weighted by Gasteiger charge is -2.16. The summed E-state index contributed by atoms with van der Waals surface area (Å²) in [6, 6.07) is 24.5. The molecule has 4 heteroatoms. The van der Waals surface area contributed by atoms with Crippen molar-refractivity contribution in [1.82, 2.24) is 9.55 Å². The van der Waals surface area contributed by atoms with Gasteiger partial charge in [-0.2, -0.15) is 0 Å². The topological polar surface area (TPSA) is 36.3 Å². The maximum atomic E-state index is 6.14. The van der Waals surface area contributed by atoms with Crippen LogP contribution in [-0.2, 0) is 13.0 Å². The Morgan fingerprint density at radius 1 is 0.875 bits per heavy atom. The highest BCUT2D eigenvalue weighted by Gasteiger charge is 2.14. The predicted molar refractivity (Wildman–Crippen MR) is 132 cm³/mol. The molecule has 2 aromatic heterocycles. The molecule has 0 saturated heterocycles. The first-order valence-electron chi connectivity index (χ1n) is 11.2. The lowest BCUT2D eigenvalue weighted by atomic mass is 10.0. The van der Waals surface area contributed by atoms with Crippen molar-refractivity contribution in [3.8, 4) is 28.6 Å². The van der Waals surface area contributed by atoms with Crippen LogP contribution in [0.5, 0.6) is 11.5 Å². The van der Waals surface area contributed by atoms with Crippen LogP contribution in [0.15, 0.2) is 79.0 Å². The van der Waals surface area contributed by atoms with E-state index in [1.165, 1.54) is 0 Å². The molecule has 32 heavy (non-hydrogen) atoms. The molecule has 2 aromatic carbocycles. The average Bonchev–Trinajstić information content (AvgIpc) is 3.30. The number of ether oxygens (including phenoxy) is 2. The van der Waals surface area contributed by atoms with Gasteiger partial charge < -0.3 is 14.0 Å². The van der Waals surface area contributed by atoms with E-state index in [2.05, 4.69) is 42.7 Å². The molecule has 0 aliphatic rings. The summed E-state index contributed by atoms with van der Waals surface area (Å²) < 4.78 is 13.9. The fraction of sp³-hybridized carbons (Fsp3) is 0.250. The van der Waals surface area contributed by atoms with Crippen molar-refractivity contribution in [2.75, 3.05) is 7.11 Å². The smallest absolute Gasteiger partial charge is 0.137 e. The second-order valence-corrected chi connectivity index (χ2v) is 7.19. The number of benzene rings is 2. The van der Waals surface area contributed by atoms with Gasteiger partial charge in [0.25, 0.3) is 0 Å². The van der Waals surface area contributed by atoms with Gasteiger partial charge in [-0.25, -0.2) is 4.98 Å². The second kappa shape index (κ2) is 11.2. The third-order valence-electron chi connectivity index (χ3n) is 5.21. The van der Waals surface area contributed by atoms with Crippen LogP contribution in [0.3, 0.4) is 0 Å². The van der Waals surface area contributed by atoms with E-state index in [9.17, 15) is 0 Å². The van der Waals surface area contributed by atoms with Crippen molar-refractivity contribution >= 4 is 0 Å². The molecule has 0 unspecified atom stereocenters. The summed E-state index contributed by atoms with van der Waals surface area (Å²) in [7, 11) is 1.69. The molecule has 0 spiro atoms. The second-order valence-electron chi connectivity index (χ2n) is 7.19. The summed E-state index contributed by atoms with van der Waals surface area (Å²) in [5.41, 5.74) is 5.26. The Hall–Kier alpha value is -3.53. The zero-order chi connectivity index (χ0) is 22.9. The minimum absolute atomic E-state index is 0.525. The van der Waals surface area contributed by atoms with Crippen LogP contribution >= 0.6 is 0 Å². The molecule has 4 rings (SSSR count). The molecule has 2 heterocycles. The van der Waals surface area contributed by atoms with Crippen LogP contribution < -0.4 is 9.47 Å². The van der Waals surface area contributed by atoms with E-state index in [0.717, 1.165) is 51.8 Å². The van der Waals surface area contributed by atoms with Gasteiger partial charge in [0.2, 0.25) is 0 Å². The van der Waals surface area contributed by atoms with Crippen molar-refractivity contribution in [2.45, 2.75) is 40.7 Å². The lowest BCUT2D eigenvalue weighted by molar-refractivity contribution is 0.300. The maximum Gasteiger partial charge on any atom is 0.137 e. The summed E-state index contributed by atoms with van der Waals surface area (Å²) in [6.07, 6.45) is 2.88. The maximum absolute atomic E-state index is 6.14. The van der Waals surface area contributed by atoms with E-state index in [-0.39, 0.29) is 0 Å². The summed E-state index contributed by atoms with van der Waals surface area (Å²) in [6.45, 7) is 8.73. The van der Waals surface area contributed by atoms with Crippen LogP contribution in [0.4, 0.5) is 0 Å². The Balaban J connectivity index is 0.00000141. The van der Waals surface area contributed by atoms with Gasteiger partial charge in [-0.3, -0.25) is 0 Å². The van der Waals surface area contributed by atoms with Gasteiger partial charge in [0.15, 0.2) is 0 Å². The van der Waals surface area contributed by atoms with E-state index in [1.807, 2.05) is 68.6 Å². The molecule has 0 radical (unpaired) electrons. The normalized spacial score (nSPS) is 10.3. The average molecular weight is 429 g/mol. The zero-order valence-electron chi connectivity index (χ0n) is 19.6. The van der Waals surface area contributed by atoms with E-state index in [0.29, 0.717) is 6.61 Å². The van der Waals surface area contributed by atoms with Crippen LogP contribution in [0.25, 0.3) is 17.1 Å². The van der Waals surface area contributed by atoms with E-state index < -0.39 is 0 Å². The first-order chi connectivity index (χ1) is 15.7. The van der Waals surface area contributed by atoms with Crippen LogP contribution in [-0.4, -0.2) is 16.7 Å². The third-order valence-corrected chi connectivity index (χ3v) is 5.21. The van der Waals surface area contributed by atoms with Crippen molar-refractivity contribution in [3.63, 3.8) is 0 Å². The summed E-state index contributed by atoms with van der Waals surface area (Å²) >= 11 is 0. The van der Waals surface area contributed by atoms with Gasteiger partial charge in [0, 0.05) is 23.5 Å². The van der Waals surface area contributed by atoms with E-state index in [1.54, 1.807) is 7.11 Å². The minimum Gasteiger partial charge on any atom is -0.496 e. The molecule has 166 valence electrons. The predicted octanol–water partition coefficient (Wildman–Crippen LogP) is 7.02. The van der Waals surface area contributed by atoms with E-state index in [4.69, 9.17) is 14.5 Å². The highest BCUT2D eigenvalue weighted by molar-refractivity contribution is 5.71. The van der Waals surface area contributed by atoms with Crippen LogP contribution in [0, 0.1) is 6.92 Å². The number of pyridine rings is 1. The quantitative estimate of drug-likeness (QED) is 0.317. The van der Waals surface area contributed by atoms with Crippen molar-refractivity contribution < 1.29 is 9.47 Å². The largest absolute Gasteiger partial charge is 0.496 e. The van der Waals surface area contributed by atoms with Crippen molar-refractivity contribution in [2.24, 2.45) is 0 Å². The first kappa shape index (κ1) is 23.1. The first-order valence-corrected chi connectivity index (χ1v) is 11.2. The number of hydrogen-bond acceptors (Lipinski definition) is 3. The molecular weight excluding hydrogens is 396 g/mol. The molecule has 0 amide bonds. The summed E-state index contributed by atoms with van der Waals surface area (Å²) in [5.74, 6) is 2.49. The fourth-order valence-electron chi connectivity index (χ4n) is 3.55. The molecule has 0 N–H and O–H groups in total. The highest BCUT2D eigenvalue weighted by Crippen LogP contribution is 2.36. The van der Waals surface area contributed by atoms with Gasteiger partial charge in [-0.05, 0) is 54.8 Å². The molecule has 0 saturated carbocycles. The Labute approximate surface area is 191 Å². The van der Waals surface area contributed by atoms with Gasteiger partial charge in [-0.1, -0.05) is 57.2 Å². The molecular formula is C28H32N2O2. The molecule has 0 bridgehead atoms. The number of aromatic nitrogens is 2. The van der Waals surface area contributed by atoms with Gasteiger partial charge in [0.1, 0.15) is 23.9 Å². The number of hydrogen-bond donors (Lipinski definition) is 0. The monoisotopic (exact) mass is 428 g/mol. The number of aryl methyl sites for hydroxylation is 2. The number of nitrogens with zero attached hydrogens (tertiary/aromatic N) is 2. The molecule has 0 fully saturated rings. The van der Waals surface area contributed by atoms with Crippen molar-refractivity contribution in [3.05, 3.63) is 95.8 Å². The Bertz CT molecular complexity index is 1130. The lowest BCUT2D eigenvalue weighted by Crippen LogP contribution is -2.02. The third kappa shape index (κ3) is 5.20. The fourth-order valence-corrected chi connectivity index (χ4v) is 3.55. The highest BCUT2D eigenvalue weighted by atomic mass is 16.5.